The van der Waals surface area contributed by atoms with Gasteiger partial charge in [-0.2, -0.15) is 0 Å². The van der Waals surface area contributed by atoms with E-state index in [0.29, 0.717) is 11.4 Å². The van der Waals surface area contributed by atoms with Crippen molar-refractivity contribution in [2.45, 2.75) is 52.4 Å². The van der Waals surface area contributed by atoms with E-state index in [4.69, 9.17) is 9.97 Å². The predicted molar refractivity (Wildman–Crippen MR) is 251 cm³/mol. The second-order valence-electron chi connectivity index (χ2n) is 17.7. The van der Waals surface area contributed by atoms with Crippen molar-refractivity contribution in [3.05, 3.63) is 193 Å². The lowest BCUT2D eigenvalue weighted by molar-refractivity contribution is 0.446. The van der Waals surface area contributed by atoms with E-state index in [0.717, 1.165) is 83.6 Å². The van der Waals surface area contributed by atoms with Gasteiger partial charge in [0.05, 0.1) is 28.0 Å². The maximum Gasteiger partial charge on any atom is 0.149 e. The molecule has 0 aliphatic carbocycles. The standard InChI is InChI=1S/C56H49N3O/c1-55(2,3)44-34-47(53(60)48(35-44)56(4,5)6)54-58-52-46(26-18-28-51(52)59(54)50-27-17-16-25-45(50)39-23-14-9-15-24-39)42-31-41(38-21-12-8-13-22-38)32-43(33-42)49-30-29-40(36-57-49)37-19-10-7-11-20-37/h7-36,60H,1-6H3. The number of phenols is 1. The molecule has 2 aromatic heterocycles. The molecule has 9 aromatic rings. The van der Waals surface area contributed by atoms with E-state index >= 15 is 0 Å². The minimum absolute atomic E-state index is 0.173. The van der Waals surface area contributed by atoms with E-state index in [9.17, 15) is 5.11 Å². The number of hydrogen-bond acceptors (Lipinski definition) is 3. The first-order valence-electron chi connectivity index (χ1n) is 20.7. The minimum Gasteiger partial charge on any atom is -0.507 e. The molecule has 1 N–H and O–H groups in total. The summed E-state index contributed by atoms with van der Waals surface area (Å²) in [6.45, 7) is 13.1. The van der Waals surface area contributed by atoms with Gasteiger partial charge in [-0.1, -0.05) is 175 Å². The second-order valence-corrected chi connectivity index (χ2v) is 17.7. The minimum atomic E-state index is -0.314. The number of rotatable bonds is 7. The van der Waals surface area contributed by atoms with Crippen molar-refractivity contribution in [1.29, 1.82) is 0 Å². The molecule has 0 aliphatic heterocycles. The molecule has 294 valence electrons. The Labute approximate surface area is 353 Å². The Morgan fingerprint density at radius 1 is 0.450 bits per heavy atom. The molecule has 0 bridgehead atoms. The molecule has 0 radical (unpaired) electrons. The fourth-order valence-corrected chi connectivity index (χ4v) is 8.19. The van der Waals surface area contributed by atoms with Gasteiger partial charge >= 0.3 is 0 Å². The van der Waals surface area contributed by atoms with Crippen LogP contribution < -0.4 is 0 Å². The number of pyridine rings is 1. The summed E-state index contributed by atoms with van der Waals surface area (Å²) in [5, 5.41) is 12.4. The molecule has 60 heavy (non-hydrogen) atoms. The Morgan fingerprint density at radius 2 is 1.03 bits per heavy atom. The topological polar surface area (TPSA) is 50.9 Å². The van der Waals surface area contributed by atoms with Gasteiger partial charge in [0.1, 0.15) is 11.6 Å². The third kappa shape index (κ3) is 7.30. The SMILES string of the molecule is CC(C)(C)c1cc(-c2nc3c(-c4cc(-c5ccccc5)cc(-c5ccc(-c6ccccc6)cn5)c4)cccc3n2-c2ccccc2-c2ccccc2)c(O)c(C(C)(C)C)c1. The van der Waals surface area contributed by atoms with Crippen LogP contribution in [0.3, 0.4) is 0 Å². The monoisotopic (exact) mass is 779 g/mol. The third-order valence-electron chi connectivity index (χ3n) is 11.5. The number of benzene rings is 7. The molecular weight excluding hydrogens is 731 g/mol. The largest absolute Gasteiger partial charge is 0.507 e. The van der Waals surface area contributed by atoms with Crippen LogP contribution >= 0.6 is 0 Å². The summed E-state index contributed by atoms with van der Waals surface area (Å²) in [5.41, 5.74) is 15.6. The summed E-state index contributed by atoms with van der Waals surface area (Å²) in [6.07, 6.45) is 1.96. The Balaban J connectivity index is 1.33. The fraction of sp³-hybridized carbons (Fsp3) is 0.143. The molecule has 0 saturated carbocycles. The van der Waals surface area contributed by atoms with Crippen LogP contribution in [-0.4, -0.2) is 19.6 Å². The van der Waals surface area contributed by atoms with Gasteiger partial charge < -0.3 is 5.11 Å². The first-order valence-corrected chi connectivity index (χ1v) is 20.7. The molecule has 7 aromatic carbocycles. The third-order valence-corrected chi connectivity index (χ3v) is 11.5. The number of fused-ring (bicyclic) bond motifs is 1. The van der Waals surface area contributed by atoms with Crippen molar-refractivity contribution in [2.75, 3.05) is 0 Å². The van der Waals surface area contributed by atoms with Gasteiger partial charge in [-0.3, -0.25) is 9.55 Å². The lowest BCUT2D eigenvalue weighted by Crippen LogP contribution is -2.17. The quantitative estimate of drug-likeness (QED) is 0.175. The van der Waals surface area contributed by atoms with Crippen LogP contribution in [-0.2, 0) is 10.8 Å². The van der Waals surface area contributed by atoms with E-state index < -0.39 is 0 Å². The molecule has 9 rings (SSSR count). The van der Waals surface area contributed by atoms with Crippen molar-refractivity contribution in [3.63, 3.8) is 0 Å². The average Bonchev–Trinajstić information content (AvgIpc) is 3.66. The van der Waals surface area contributed by atoms with Crippen molar-refractivity contribution >= 4 is 11.0 Å². The second kappa shape index (κ2) is 15.3. The maximum atomic E-state index is 12.4. The Hall–Kier alpha value is -7.04. The number of para-hydroxylation sites is 2. The van der Waals surface area contributed by atoms with E-state index in [1.54, 1.807) is 0 Å². The lowest BCUT2D eigenvalue weighted by atomic mass is 9.79. The summed E-state index contributed by atoms with van der Waals surface area (Å²) in [6, 6.07) is 61.6. The van der Waals surface area contributed by atoms with Crippen LogP contribution in [0.5, 0.6) is 5.75 Å². The van der Waals surface area contributed by atoms with Crippen LogP contribution in [0.2, 0.25) is 0 Å². The van der Waals surface area contributed by atoms with Crippen LogP contribution in [0.1, 0.15) is 52.7 Å². The van der Waals surface area contributed by atoms with E-state index in [2.05, 4.69) is 210 Å². The van der Waals surface area contributed by atoms with E-state index in [-0.39, 0.29) is 16.6 Å². The first-order chi connectivity index (χ1) is 28.9. The number of aromatic nitrogens is 3. The molecule has 0 atom stereocenters. The maximum absolute atomic E-state index is 12.4. The smallest absolute Gasteiger partial charge is 0.149 e. The molecule has 2 heterocycles. The van der Waals surface area contributed by atoms with Crippen molar-refractivity contribution in [2.24, 2.45) is 0 Å². The summed E-state index contributed by atoms with van der Waals surface area (Å²) < 4.78 is 2.25. The van der Waals surface area contributed by atoms with Gasteiger partial charge in [0, 0.05) is 34.0 Å². The number of hydrogen-bond donors (Lipinski definition) is 1. The summed E-state index contributed by atoms with van der Waals surface area (Å²) in [4.78, 5) is 10.6. The molecule has 0 aliphatic rings. The summed E-state index contributed by atoms with van der Waals surface area (Å²) >= 11 is 0. The van der Waals surface area contributed by atoms with Gasteiger partial charge in [-0.15, -0.1) is 0 Å². The summed E-state index contributed by atoms with van der Waals surface area (Å²) in [7, 11) is 0. The molecule has 0 unspecified atom stereocenters. The van der Waals surface area contributed by atoms with Gasteiger partial charge in [0.2, 0.25) is 0 Å². The Bertz CT molecular complexity index is 2970. The predicted octanol–water partition coefficient (Wildman–Crippen LogP) is 14.7. The fourth-order valence-electron chi connectivity index (χ4n) is 8.19. The highest BCUT2D eigenvalue weighted by molar-refractivity contribution is 5.98. The Morgan fingerprint density at radius 3 is 1.67 bits per heavy atom. The molecule has 4 nitrogen and oxygen atoms in total. The average molecular weight is 780 g/mol. The number of aromatic hydroxyl groups is 1. The van der Waals surface area contributed by atoms with Gasteiger partial charge in [-0.05, 0) is 86.7 Å². The highest BCUT2D eigenvalue weighted by Gasteiger charge is 2.29. The summed E-state index contributed by atoms with van der Waals surface area (Å²) in [5.74, 6) is 0.941. The zero-order valence-corrected chi connectivity index (χ0v) is 35.1. The van der Waals surface area contributed by atoms with Crippen molar-refractivity contribution < 1.29 is 5.11 Å². The normalized spacial score (nSPS) is 11.9. The number of imidazole rings is 1. The van der Waals surface area contributed by atoms with Gasteiger partial charge in [0.25, 0.3) is 0 Å². The van der Waals surface area contributed by atoms with E-state index in [1.165, 1.54) is 0 Å². The zero-order valence-electron chi connectivity index (χ0n) is 35.1. The highest BCUT2D eigenvalue weighted by Crippen LogP contribution is 2.45. The highest BCUT2D eigenvalue weighted by atomic mass is 16.3. The van der Waals surface area contributed by atoms with Crippen LogP contribution in [0.4, 0.5) is 0 Å². The molecular formula is C56H49N3O. The van der Waals surface area contributed by atoms with Crippen LogP contribution in [0.25, 0.3) is 83.9 Å². The van der Waals surface area contributed by atoms with Crippen molar-refractivity contribution in [1.82, 2.24) is 14.5 Å². The van der Waals surface area contributed by atoms with Crippen molar-refractivity contribution in [3.8, 4) is 78.6 Å². The van der Waals surface area contributed by atoms with Gasteiger partial charge in [0.15, 0.2) is 0 Å². The lowest BCUT2D eigenvalue weighted by Gasteiger charge is -2.27. The van der Waals surface area contributed by atoms with Crippen LogP contribution in [0.15, 0.2) is 182 Å². The van der Waals surface area contributed by atoms with E-state index in [1.807, 2.05) is 18.3 Å². The van der Waals surface area contributed by atoms with Gasteiger partial charge in [-0.25, -0.2) is 4.98 Å². The number of nitrogens with zero attached hydrogens (tertiary/aromatic N) is 3. The molecule has 0 spiro atoms. The molecule has 0 amide bonds. The Kier molecular flexibility index (Phi) is 9.80. The number of phenolic OH excluding ortho intramolecular Hbond substituents is 1. The zero-order chi connectivity index (χ0) is 41.6. The first kappa shape index (κ1) is 38.5. The van der Waals surface area contributed by atoms with Crippen LogP contribution in [0, 0.1) is 0 Å². The molecule has 4 heteroatoms. The molecule has 0 fully saturated rings. The molecule has 0 saturated heterocycles.